The summed E-state index contributed by atoms with van der Waals surface area (Å²) < 4.78 is 12.7. The molecule has 1 heterocycles. The fraction of sp³-hybridized carbons (Fsp3) is 0.650. The van der Waals surface area contributed by atoms with E-state index in [1.807, 2.05) is 0 Å². The topological polar surface area (TPSA) is 158 Å². The van der Waals surface area contributed by atoms with Crippen LogP contribution in [0, 0.1) is 11.8 Å². The molecule has 10 N–H and O–H groups in total. The van der Waals surface area contributed by atoms with Gasteiger partial charge in [0.05, 0.1) is 4.90 Å². The van der Waals surface area contributed by atoms with Gasteiger partial charge in [-0.2, -0.15) is 0 Å². The number of rotatable bonds is 7. The normalized spacial score (nSPS) is 25.0. The second kappa shape index (κ2) is 10.5. The molecule has 1 aliphatic carbocycles. The molecule has 8 nitrogen and oxygen atoms in total. The fourth-order valence-electron chi connectivity index (χ4n) is 4.87. The van der Waals surface area contributed by atoms with E-state index in [1.54, 1.807) is 0 Å². The van der Waals surface area contributed by atoms with Crippen LogP contribution in [0.25, 0.3) is 0 Å². The highest BCUT2D eigenvalue weighted by atomic mass is 32.2. The predicted octanol–water partition coefficient (Wildman–Crippen LogP) is 0.526. The molecule has 0 amide bonds. The third-order valence-corrected chi connectivity index (χ3v) is 7.37. The van der Waals surface area contributed by atoms with Crippen molar-refractivity contribution < 1.29 is 4.21 Å². The van der Waals surface area contributed by atoms with Gasteiger partial charge in [0.25, 0.3) is 0 Å². The van der Waals surface area contributed by atoms with Crippen molar-refractivity contribution >= 4 is 16.8 Å². The van der Waals surface area contributed by atoms with Gasteiger partial charge >= 0.3 is 0 Å². The van der Waals surface area contributed by atoms with Gasteiger partial charge in [0.1, 0.15) is 11.0 Å². The summed E-state index contributed by atoms with van der Waals surface area (Å²) in [5, 5.41) is 13.4. The minimum Gasteiger partial charge on any atom is -0.382 e. The number of piperidine rings is 1. The van der Waals surface area contributed by atoms with Crippen LogP contribution in [0.4, 0.5) is 0 Å². The third-order valence-electron chi connectivity index (χ3n) is 6.50. The summed E-state index contributed by atoms with van der Waals surface area (Å²) in [4.78, 5) is 0.610. The Morgan fingerprint density at radius 2 is 1.83 bits per heavy atom. The molecule has 1 atom stereocenters. The van der Waals surface area contributed by atoms with E-state index in [-0.39, 0.29) is 5.84 Å². The maximum atomic E-state index is 12.7. The lowest BCUT2D eigenvalue weighted by Crippen LogP contribution is -2.30. The van der Waals surface area contributed by atoms with Crippen LogP contribution in [0.2, 0.25) is 0 Å². The van der Waals surface area contributed by atoms with Crippen molar-refractivity contribution in [2.24, 2.45) is 39.4 Å². The number of hydrogen-bond donors (Lipinski definition) is 6. The maximum absolute atomic E-state index is 12.7. The van der Waals surface area contributed by atoms with Crippen molar-refractivity contribution in [2.45, 2.75) is 55.8 Å². The smallest absolute Gasteiger partial charge is 0.153 e. The Bertz CT molecular complexity index is 741. The molecule has 0 radical (unpaired) electrons. The first-order valence-electron chi connectivity index (χ1n) is 10.6. The van der Waals surface area contributed by atoms with Gasteiger partial charge in [-0.15, -0.1) is 5.10 Å². The van der Waals surface area contributed by atoms with Crippen molar-refractivity contribution in [3.05, 3.63) is 28.8 Å². The monoisotopic (exact) mass is 421 g/mol. The highest BCUT2D eigenvalue weighted by Gasteiger charge is 2.28. The number of nitrogens with two attached hydrogens (primary N) is 4. The van der Waals surface area contributed by atoms with Gasteiger partial charge in [-0.05, 0) is 93.5 Å². The molecular formula is C20H35N7OS. The van der Waals surface area contributed by atoms with Crippen LogP contribution in [0.5, 0.6) is 0 Å². The van der Waals surface area contributed by atoms with Crippen LogP contribution < -0.4 is 33.3 Å². The molecule has 1 saturated carbocycles. The highest BCUT2D eigenvalue weighted by molar-refractivity contribution is 7.82. The fourth-order valence-corrected chi connectivity index (χ4v) is 5.70. The van der Waals surface area contributed by atoms with E-state index >= 15 is 0 Å². The van der Waals surface area contributed by atoms with Gasteiger partial charge < -0.3 is 16.8 Å². The first-order valence-corrected chi connectivity index (χ1v) is 11.8. The summed E-state index contributed by atoms with van der Waals surface area (Å²) in [5.74, 6) is 7.09. The average Bonchev–Trinajstić information content (AvgIpc) is 2.74. The molecule has 162 valence electrons. The van der Waals surface area contributed by atoms with Crippen LogP contribution in [-0.2, 0) is 17.4 Å². The number of hydrogen-bond acceptors (Lipinski definition) is 6. The molecule has 2 aliphatic rings. The van der Waals surface area contributed by atoms with E-state index in [0.717, 1.165) is 75.7 Å². The molecule has 29 heavy (non-hydrogen) atoms. The first-order chi connectivity index (χ1) is 14.0. The SMILES string of the molecule is NCC1CCC(c2ccc(CC3CCNCC3)c(S(N)=O)c2/C(N)=N/NN)CC1. The molecular weight excluding hydrogens is 386 g/mol. The number of hydrazone groups is 1. The van der Waals surface area contributed by atoms with Crippen molar-refractivity contribution in [1.29, 1.82) is 0 Å². The number of nitrogens with zero attached hydrogens (tertiary/aromatic N) is 1. The summed E-state index contributed by atoms with van der Waals surface area (Å²) in [6.07, 6.45) is 7.28. The van der Waals surface area contributed by atoms with Gasteiger partial charge in [0.15, 0.2) is 5.84 Å². The van der Waals surface area contributed by atoms with E-state index < -0.39 is 11.0 Å². The van der Waals surface area contributed by atoms with Crippen LogP contribution >= 0.6 is 0 Å². The van der Waals surface area contributed by atoms with Gasteiger partial charge in [-0.1, -0.05) is 12.1 Å². The third kappa shape index (κ3) is 5.35. The molecule has 9 heteroatoms. The highest BCUT2D eigenvalue weighted by Crippen LogP contribution is 2.39. The van der Waals surface area contributed by atoms with E-state index in [1.165, 1.54) is 0 Å². The predicted molar refractivity (Wildman–Crippen MR) is 118 cm³/mol. The van der Waals surface area contributed by atoms with E-state index in [4.69, 9.17) is 22.4 Å². The van der Waals surface area contributed by atoms with Gasteiger partial charge in [0.2, 0.25) is 0 Å². The summed E-state index contributed by atoms with van der Waals surface area (Å²) in [5.41, 5.74) is 17.2. The molecule has 0 aromatic heterocycles. The molecule has 2 fully saturated rings. The Morgan fingerprint density at radius 1 is 1.14 bits per heavy atom. The minimum absolute atomic E-state index is 0.240. The van der Waals surface area contributed by atoms with Crippen molar-refractivity contribution in [3.63, 3.8) is 0 Å². The lowest BCUT2D eigenvalue weighted by atomic mass is 9.76. The number of nitrogens with one attached hydrogen (secondary N) is 2. The maximum Gasteiger partial charge on any atom is 0.153 e. The Hall–Kier alpha value is -1.52. The van der Waals surface area contributed by atoms with Crippen molar-refractivity contribution in [1.82, 2.24) is 10.9 Å². The zero-order valence-corrected chi connectivity index (χ0v) is 17.8. The van der Waals surface area contributed by atoms with Gasteiger partial charge in [-0.25, -0.2) is 20.7 Å². The second-order valence-electron chi connectivity index (χ2n) is 8.29. The lowest BCUT2D eigenvalue weighted by Gasteiger charge is -2.30. The van der Waals surface area contributed by atoms with E-state index in [9.17, 15) is 4.21 Å². The van der Waals surface area contributed by atoms with Gasteiger partial charge in [-0.3, -0.25) is 0 Å². The Morgan fingerprint density at radius 3 is 2.41 bits per heavy atom. The Kier molecular flexibility index (Phi) is 8.02. The summed E-state index contributed by atoms with van der Waals surface area (Å²) in [7, 11) is -1.67. The zero-order valence-electron chi connectivity index (χ0n) is 17.0. The quantitative estimate of drug-likeness (QED) is 0.163. The molecule has 0 bridgehead atoms. The Labute approximate surface area is 175 Å². The molecule has 1 aromatic carbocycles. The average molecular weight is 422 g/mol. The molecule has 1 aromatic rings. The molecule has 3 rings (SSSR count). The molecule has 0 spiro atoms. The second-order valence-corrected chi connectivity index (χ2v) is 9.30. The van der Waals surface area contributed by atoms with Crippen LogP contribution in [0.3, 0.4) is 0 Å². The van der Waals surface area contributed by atoms with Crippen LogP contribution in [0.15, 0.2) is 22.1 Å². The minimum atomic E-state index is -1.67. The summed E-state index contributed by atoms with van der Waals surface area (Å²) in [6, 6.07) is 4.23. The van der Waals surface area contributed by atoms with Crippen LogP contribution in [-0.4, -0.2) is 29.7 Å². The van der Waals surface area contributed by atoms with Crippen molar-refractivity contribution in [2.75, 3.05) is 19.6 Å². The summed E-state index contributed by atoms with van der Waals surface area (Å²) in [6.45, 7) is 2.76. The standard InChI is InChI=1S/C20H35N7OS/c21-12-14-1-3-15(4-2-14)17-6-5-16(11-13-7-9-25-10-8-13)19(29(24)28)18(17)20(22)26-27-23/h5-6,13-15,25,27H,1-4,7-12,21,23-24H2,(H2,22,26). The first kappa shape index (κ1) is 22.2. The zero-order chi connectivity index (χ0) is 20.8. The molecule has 1 unspecified atom stereocenters. The van der Waals surface area contributed by atoms with E-state index in [2.05, 4.69) is 28.1 Å². The number of amidine groups is 1. The molecule has 1 aliphatic heterocycles. The summed E-state index contributed by atoms with van der Waals surface area (Å²) >= 11 is 0. The van der Waals surface area contributed by atoms with Crippen molar-refractivity contribution in [3.8, 4) is 0 Å². The van der Waals surface area contributed by atoms with E-state index in [0.29, 0.717) is 28.2 Å². The Balaban J connectivity index is 2.00. The number of benzene rings is 1. The van der Waals surface area contributed by atoms with Gasteiger partial charge in [0, 0.05) is 5.56 Å². The largest absolute Gasteiger partial charge is 0.382 e. The lowest BCUT2D eigenvalue weighted by molar-refractivity contribution is 0.332. The number of hydrazine groups is 1. The van der Waals surface area contributed by atoms with Crippen LogP contribution in [0.1, 0.15) is 61.1 Å². The molecule has 1 saturated heterocycles.